The summed E-state index contributed by atoms with van der Waals surface area (Å²) < 4.78 is 5.68. The van der Waals surface area contributed by atoms with Crippen LogP contribution >= 0.6 is 11.3 Å². The van der Waals surface area contributed by atoms with Gasteiger partial charge in [0.25, 0.3) is 5.91 Å². The second-order valence-electron chi connectivity index (χ2n) is 8.95. The van der Waals surface area contributed by atoms with E-state index in [0.29, 0.717) is 18.8 Å². The van der Waals surface area contributed by atoms with Crippen molar-refractivity contribution in [1.29, 1.82) is 0 Å². The molecule has 2 saturated heterocycles. The number of nitrogens with zero attached hydrogens (tertiary/aromatic N) is 4. The summed E-state index contributed by atoms with van der Waals surface area (Å²) in [5.41, 5.74) is 4.89. The van der Waals surface area contributed by atoms with Crippen LogP contribution in [0.4, 0.5) is 5.82 Å². The molecule has 2 fully saturated rings. The van der Waals surface area contributed by atoms with Gasteiger partial charge in [0.2, 0.25) is 0 Å². The summed E-state index contributed by atoms with van der Waals surface area (Å²) in [7, 11) is 2.15. The number of pyridine rings is 1. The highest BCUT2D eigenvalue weighted by Gasteiger charge is 2.39. The fraction of sp³-hybridized carbons (Fsp3) is 0.400. The van der Waals surface area contributed by atoms with Crippen LogP contribution in [-0.2, 0) is 10.2 Å². The van der Waals surface area contributed by atoms with Gasteiger partial charge < -0.3 is 14.5 Å². The number of aromatic nitrogens is 2. The molecule has 4 heterocycles. The Morgan fingerprint density at radius 2 is 1.82 bits per heavy atom. The van der Waals surface area contributed by atoms with E-state index in [2.05, 4.69) is 34.4 Å². The van der Waals surface area contributed by atoms with Crippen LogP contribution in [0, 0.1) is 0 Å². The van der Waals surface area contributed by atoms with Crippen LogP contribution in [0.5, 0.6) is 0 Å². The summed E-state index contributed by atoms with van der Waals surface area (Å²) in [6.45, 7) is 5.41. The molecule has 0 radical (unpaired) electrons. The SMILES string of the molecule is CN1CCN(c2ccc(-c3csc(C4(c5ccc(C(=O)NO)cc5)CCOCC4)n3)cn2)CC1. The maximum Gasteiger partial charge on any atom is 0.274 e. The van der Waals surface area contributed by atoms with Crippen LogP contribution in [-0.4, -0.2) is 72.4 Å². The Morgan fingerprint density at radius 1 is 1.09 bits per heavy atom. The quantitative estimate of drug-likeness (QED) is 0.429. The van der Waals surface area contributed by atoms with E-state index in [1.807, 2.05) is 18.3 Å². The van der Waals surface area contributed by atoms with Gasteiger partial charge in [0.15, 0.2) is 0 Å². The molecule has 2 aliphatic heterocycles. The zero-order chi connectivity index (χ0) is 23.5. The normalized spacial score (nSPS) is 18.6. The molecule has 178 valence electrons. The molecule has 2 N–H and O–H groups in total. The molecule has 0 aliphatic carbocycles. The molecule has 1 aromatic carbocycles. The van der Waals surface area contributed by atoms with Crippen molar-refractivity contribution in [2.45, 2.75) is 18.3 Å². The summed E-state index contributed by atoms with van der Waals surface area (Å²) in [4.78, 5) is 26.2. The zero-order valence-electron chi connectivity index (χ0n) is 19.2. The largest absolute Gasteiger partial charge is 0.381 e. The van der Waals surface area contributed by atoms with E-state index in [1.165, 1.54) is 0 Å². The van der Waals surface area contributed by atoms with Gasteiger partial charge in [-0.05, 0) is 49.7 Å². The number of carbonyl (C=O) groups excluding carboxylic acids is 1. The molecule has 5 rings (SSSR count). The predicted molar refractivity (Wildman–Crippen MR) is 132 cm³/mol. The molecule has 9 heteroatoms. The summed E-state index contributed by atoms with van der Waals surface area (Å²) in [5.74, 6) is 0.497. The first-order valence-electron chi connectivity index (χ1n) is 11.6. The molecular formula is C25H29N5O3S. The van der Waals surface area contributed by atoms with E-state index >= 15 is 0 Å². The van der Waals surface area contributed by atoms with E-state index in [0.717, 1.165) is 66.7 Å². The van der Waals surface area contributed by atoms with Crippen molar-refractivity contribution in [1.82, 2.24) is 20.3 Å². The van der Waals surface area contributed by atoms with Gasteiger partial charge in [-0.25, -0.2) is 15.4 Å². The number of hydrogen-bond donors (Lipinski definition) is 2. The topological polar surface area (TPSA) is 90.8 Å². The van der Waals surface area contributed by atoms with Gasteiger partial charge in [0.05, 0.1) is 11.1 Å². The average molecular weight is 480 g/mol. The number of piperazine rings is 1. The number of hydroxylamine groups is 1. The number of thiazole rings is 1. The minimum absolute atomic E-state index is 0.261. The van der Waals surface area contributed by atoms with Crippen molar-refractivity contribution in [2.24, 2.45) is 0 Å². The average Bonchev–Trinajstić information content (AvgIpc) is 3.40. The monoisotopic (exact) mass is 479 g/mol. The molecule has 0 bridgehead atoms. The highest BCUT2D eigenvalue weighted by atomic mass is 32.1. The van der Waals surface area contributed by atoms with E-state index in [-0.39, 0.29) is 5.41 Å². The van der Waals surface area contributed by atoms with Crippen LogP contribution in [0.25, 0.3) is 11.3 Å². The van der Waals surface area contributed by atoms with Gasteiger partial charge in [-0.2, -0.15) is 0 Å². The standard InChI is InChI=1S/C25H29N5O3S/c1-29-10-12-30(13-11-29)22-7-4-19(16-26-22)21-17-34-24(27-21)25(8-14-33-15-9-25)20-5-2-18(3-6-20)23(31)28-32/h2-7,16-17,32H,8-15H2,1H3,(H,28,31). The molecular weight excluding hydrogens is 450 g/mol. The van der Waals surface area contributed by atoms with Gasteiger partial charge in [-0.1, -0.05) is 12.1 Å². The van der Waals surface area contributed by atoms with Crippen LogP contribution in [0.15, 0.2) is 48.0 Å². The number of amides is 1. The molecule has 0 saturated carbocycles. The molecule has 0 atom stereocenters. The lowest BCUT2D eigenvalue weighted by Gasteiger charge is -2.36. The van der Waals surface area contributed by atoms with Gasteiger partial charge >= 0.3 is 0 Å². The van der Waals surface area contributed by atoms with Gasteiger partial charge in [0.1, 0.15) is 10.8 Å². The molecule has 3 aromatic rings. The number of ether oxygens (including phenoxy) is 1. The van der Waals surface area contributed by atoms with Crippen LogP contribution in [0.1, 0.15) is 33.8 Å². The third-order valence-electron chi connectivity index (χ3n) is 6.93. The Kier molecular flexibility index (Phi) is 6.60. The number of carbonyl (C=O) groups is 1. The van der Waals surface area contributed by atoms with Crippen molar-refractivity contribution in [3.05, 3.63) is 64.1 Å². The maximum atomic E-state index is 11.7. The van der Waals surface area contributed by atoms with Crippen LogP contribution in [0.3, 0.4) is 0 Å². The number of hydrogen-bond acceptors (Lipinski definition) is 8. The Balaban J connectivity index is 1.40. The minimum atomic E-state index is -0.517. The number of anilines is 1. The summed E-state index contributed by atoms with van der Waals surface area (Å²) in [6, 6.07) is 11.6. The Bertz CT molecular complexity index is 1120. The molecule has 2 aromatic heterocycles. The lowest BCUT2D eigenvalue weighted by molar-refractivity contribution is 0.0629. The third kappa shape index (κ3) is 4.44. The van der Waals surface area contributed by atoms with Gasteiger partial charge in [-0.3, -0.25) is 10.0 Å². The fourth-order valence-electron chi connectivity index (χ4n) is 4.74. The van der Waals surface area contributed by atoms with Crippen molar-refractivity contribution in [3.63, 3.8) is 0 Å². The van der Waals surface area contributed by atoms with Crippen LogP contribution < -0.4 is 10.4 Å². The second-order valence-corrected chi connectivity index (χ2v) is 9.80. The molecule has 8 nitrogen and oxygen atoms in total. The highest BCUT2D eigenvalue weighted by molar-refractivity contribution is 7.10. The first-order chi connectivity index (χ1) is 16.6. The van der Waals surface area contributed by atoms with E-state index in [4.69, 9.17) is 19.9 Å². The van der Waals surface area contributed by atoms with Crippen molar-refractivity contribution >= 4 is 23.1 Å². The number of benzene rings is 1. The first kappa shape index (κ1) is 22.9. The minimum Gasteiger partial charge on any atom is -0.381 e. The number of rotatable bonds is 5. The zero-order valence-corrected chi connectivity index (χ0v) is 20.1. The predicted octanol–water partition coefficient (Wildman–Crippen LogP) is 3.17. The highest BCUT2D eigenvalue weighted by Crippen LogP contribution is 2.43. The Hall–Kier alpha value is -2.85. The maximum absolute atomic E-state index is 11.7. The second kappa shape index (κ2) is 9.79. The molecule has 0 unspecified atom stereocenters. The molecule has 1 amide bonds. The van der Waals surface area contributed by atoms with Gasteiger partial charge in [-0.15, -0.1) is 11.3 Å². The van der Waals surface area contributed by atoms with Gasteiger partial charge in [0, 0.05) is 62.1 Å². The summed E-state index contributed by atoms with van der Waals surface area (Å²) in [5, 5.41) is 12.1. The fourth-order valence-corrected chi connectivity index (χ4v) is 5.85. The molecule has 2 aliphatic rings. The Labute approximate surface area is 203 Å². The molecule has 0 spiro atoms. The van der Waals surface area contributed by atoms with Crippen molar-refractivity contribution in [2.75, 3.05) is 51.3 Å². The van der Waals surface area contributed by atoms with Crippen LogP contribution in [0.2, 0.25) is 0 Å². The third-order valence-corrected chi connectivity index (χ3v) is 7.98. The van der Waals surface area contributed by atoms with E-state index in [1.54, 1.807) is 28.9 Å². The summed E-state index contributed by atoms with van der Waals surface area (Å²) in [6.07, 6.45) is 3.57. The van der Waals surface area contributed by atoms with Crippen molar-refractivity contribution < 1.29 is 14.7 Å². The Morgan fingerprint density at radius 3 is 2.47 bits per heavy atom. The molecule has 34 heavy (non-hydrogen) atoms. The van der Waals surface area contributed by atoms with E-state index < -0.39 is 5.91 Å². The number of nitrogens with one attached hydrogen (secondary N) is 1. The first-order valence-corrected chi connectivity index (χ1v) is 12.5. The summed E-state index contributed by atoms with van der Waals surface area (Å²) >= 11 is 1.66. The number of likely N-dealkylation sites (N-methyl/N-ethyl adjacent to an activating group) is 1. The smallest absolute Gasteiger partial charge is 0.274 e. The lowest BCUT2D eigenvalue weighted by atomic mass is 9.74. The lowest BCUT2D eigenvalue weighted by Crippen LogP contribution is -2.44. The van der Waals surface area contributed by atoms with E-state index in [9.17, 15) is 4.79 Å². The van der Waals surface area contributed by atoms with Crippen molar-refractivity contribution in [3.8, 4) is 11.3 Å².